The van der Waals surface area contributed by atoms with Gasteiger partial charge in [0.05, 0.1) is 24.5 Å². The number of rotatable bonds is 5. The van der Waals surface area contributed by atoms with Crippen LogP contribution < -0.4 is 5.32 Å². The first-order valence-corrected chi connectivity index (χ1v) is 9.89. The lowest BCUT2D eigenvalue weighted by atomic mass is 10.1. The highest BCUT2D eigenvalue weighted by Crippen LogP contribution is 2.25. The summed E-state index contributed by atoms with van der Waals surface area (Å²) in [7, 11) is 0. The van der Waals surface area contributed by atoms with E-state index in [1.807, 2.05) is 23.7 Å². The number of benzene rings is 1. The maximum Gasteiger partial charge on any atom is 0.223 e. The Kier molecular flexibility index (Phi) is 5.25. The molecule has 1 aliphatic heterocycles. The number of halogens is 1. The fraction of sp³-hybridized carbons (Fsp3) is 0.524. The molecule has 27 heavy (non-hydrogen) atoms. The maximum absolute atomic E-state index is 14.1. The van der Waals surface area contributed by atoms with Crippen LogP contribution in [0.25, 0.3) is 0 Å². The van der Waals surface area contributed by atoms with Crippen molar-refractivity contribution in [2.24, 2.45) is 5.92 Å². The lowest BCUT2D eigenvalue weighted by molar-refractivity contribution is -0.124. The molecule has 0 spiro atoms. The Labute approximate surface area is 159 Å². The van der Waals surface area contributed by atoms with Crippen molar-refractivity contribution in [2.45, 2.75) is 58.8 Å². The van der Waals surface area contributed by atoms with Gasteiger partial charge < -0.3 is 5.32 Å². The molecular weight excluding hydrogens is 343 g/mol. The third kappa shape index (κ3) is 4.21. The number of fused-ring (bicyclic) bond motifs is 1. The minimum atomic E-state index is -0.135. The zero-order valence-corrected chi connectivity index (χ0v) is 15.9. The van der Waals surface area contributed by atoms with Gasteiger partial charge in [0.15, 0.2) is 0 Å². The average Bonchev–Trinajstić information content (AvgIpc) is 3.31. The molecule has 1 aromatic carbocycles. The van der Waals surface area contributed by atoms with E-state index >= 15 is 0 Å². The minimum Gasteiger partial charge on any atom is -0.350 e. The molecule has 0 saturated heterocycles. The van der Waals surface area contributed by atoms with Gasteiger partial charge in [-0.3, -0.25) is 14.4 Å². The molecule has 2 heterocycles. The summed E-state index contributed by atoms with van der Waals surface area (Å²) in [6.07, 6.45) is 4.34. The number of hydrogen-bond donors (Lipinski definition) is 1. The van der Waals surface area contributed by atoms with Crippen LogP contribution in [0.4, 0.5) is 4.39 Å². The van der Waals surface area contributed by atoms with Gasteiger partial charge in [-0.1, -0.05) is 25.0 Å². The fourth-order valence-electron chi connectivity index (χ4n) is 4.13. The van der Waals surface area contributed by atoms with E-state index in [0.717, 1.165) is 67.8 Å². The number of aryl methyl sites for hydroxylation is 1. The largest absolute Gasteiger partial charge is 0.350 e. The molecule has 2 aliphatic rings. The van der Waals surface area contributed by atoms with Crippen LogP contribution in [0.15, 0.2) is 24.3 Å². The second-order valence-corrected chi connectivity index (χ2v) is 7.85. The van der Waals surface area contributed by atoms with Crippen molar-refractivity contribution in [3.05, 3.63) is 52.6 Å². The smallest absolute Gasteiger partial charge is 0.223 e. The van der Waals surface area contributed by atoms with Gasteiger partial charge in [-0.2, -0.15) is 5.10 Å². The maximum atomic E-state index is 14.1. The first kappa shape index (κ1) is 18.2. The molecule has 6 heteroatoms. The molecule has 0 unspecified atom stereocenters. The third-order valence-electron chi connectivity index (χ3n) is 5.70. The SMILES string of the molecule is Cc1ccc(CN2CCn3nc(CNC(=O)C4CCCC4)cc3C2)c(F)c1. The third-order valence-corrected chi connectivity index (χ3v) is 5.70. The molecule has 5 nitrogen and oxygen atoms in total. The Morgan fingerprint density at radius 1 is 1.26 bits per heavy atom. The second kappa shape index (κ2) is 7.80. The van der Waals surface area contributed by atoms with E-state index in [-0.39, 0.29) is 17.6 Å². The van der Waals surface area contributed by atoms with Crippen molar-refractivity contribution >= 4 is 5.91 Å². The topological polar surface area (TPSA) is 50.2 Å². The molecular formula is C21H27FN4O. The second-order valence-electron chi connectivity index (χ2n) is 7.85. The first-order valence-electron chi connectivity index (χ1n) is 9.89. The van der Waals surface area contributed by atoms with Crippen LogP contribution in [0, 0.1) is 18.7 Å². The van der Waals surface area contributed by atoms with Crippen molar-refractivity contribution < 1.29 is 9.18 Å². The number of hydrogen-bond acceptors (Lipinski definition) is 3. The van der Waals surface area contributed by atoms with Gasteiger partial charge in [-0.15, -0.1) is 0 Å². The number of nitrogens with one attached hydrogen (secondary N) is 1. The predicted octanol–water partition coefficient (Wildman–Crippen LogP) is 3.15. The van der Waals surface area contributed by atoms with Gasteiger partial charge in [-0.05, 0) is 37.5 Å². The number of carbonyl (C=O) groups excluding carboxylic acids is 1. The van der Waals surface area contributed by atoms with Gasteiger partial charge in [-0.25, -0.2) is 4.39 Å². The number of aromatic nitrogens is 2. The first-order chi connectivity index (χ1) is 13.1. The van der Waals surface area contributed by atoms with E-state index < -0.39 is 0 Å². The van der Waals surface area contributed by atoms with Gasteiger partial charge >= 0.3 is 0 Å². The van der Waals surface area contributed by atoms with E-state index in [1.54, 1.807) is 6.07 Å². The molecule has 1 fully saturated rings. The quantitative estimate of drug-likeness (QED) is 0.880. The summed E-state index contributed by atoms with van der Waals surface area (Å²) in [5.41, 5.74) is 3.70. The molecule has 1 amide bonds. The highest BCUT2D eigenvalue weighted by atomic mass is 19.1. The molecule has 0 radical (unpaired) electrons. The molecule has 144 valence electrons. The molecule has 2 aromatic rings. The summed E-state index contributed by atoms with van der Waals surface area (Å²) in [5.74, 6) is 0.210. The summed E-state index contributed by atoms with van der Waals surface area (Å²) in [6, 6.07) is 7.49. The Morgan fingerprint density at radius 2 is 2.07 bits per heavy atom. The Hall–Kier alpha value is -2.21. The molecule has 0 bridgehead atoms. The normalized spacial score (nSPS) is 17.9. The van der Waals surface area contributed by atoms with E-state index in [2.05, 4.69) is 21.4 Å². The van der Waals surface area contributed by atoms with Crippen LogP contribution >= 0.6 is 0 Å². The Bertz CT molecular complexity index is 826. The Balaban J connectivity index is 1.35. The van der Waals surface area contributed by atoms with Crippen molar-refractivity contribution in [1.82, 2.24) is 20.0 Å². The predicted molar refractivity (Wildman–Crippen MR) is 101 cm³/mol. The van der Waals surface area contributed by atoms with E-state index in [0.29, 0.717) is 13.1 Å². The number of nitrogens with zero attached hydrogens (tertiary/aromatic N) is 3. The fourth-order valence-corrected chi connectivity index (χ4v) is 4.13. The highest BCUT2D eigenvalue weighted by molar-refractivity contribution is 5.78. The van der Waals surface area contributed by atoms with Crippen LogP contribution in [-0.2, 0) is 31.0 Å². The van der Waals surface area contributed by atoms with Gasteiger partial charge in [0.25, 0.3) is 0 Å². The molecule has 1 N–H and O–H groups in total. The zero-order valence-electron chi connectivity index (χ0n) is 15.9. The number of amides is 1. The van der Waals surface area contributed by atoms with Crippen molar-refractivity contribution in [1.29, 1.82) is 0 Å². The van der Waals surface area contributed by atoms with E-state index in [1.165, 1.54) is 0 Å². The highest BCUT2D eigenvalue weighted by Gasteiger charge is 2.23. The van der Waals surface area contributed by atoms with E-state index in [4.69, 9.17) is 0 Å². The molecule has 1 aromatic heterocycles. The molecule has 0 atom stereocenters. The zero-order chi connectivity index (χ0) is 18.8. The molecule has 4 rings (SSSR count). The summed E-state index contributed by atoms with van der Waals surface area (Å²) >= 11 is 0. The van der Waals surface area contributed by atoms with Gasteiger partial charge in [0, 0.05) is 31.1 Å². The van der Waals surface area contributed by atoms with E-state index in [9.17, 15) is 9.18 Å². The minimum absolute atomic E-state index is 0.135. The lowest BCUT2D eigenvalue weighted by Gasteiger charge is -2.27. The van der Waals surface area contributed by atoms with Crippen LogP contribution in [0.1, 0.15) is 48.2 Å². The van der Waals surface area contributed by atoms with Crippen LogP contribution in [0.5, 0.6) is 0 Å². The summed E-state index contributed by atoms with van der Waals surface area (Å²) in [6.45, 7) is 5.37. The van der Waals surface area contributed by atoms with Crippen molar-refractivity contribution in [2.75, 3.05) is 6.54 Å². The summed E-state index contributed by atoms with van der Waals surface area (Å²) in [5, 5.41) is 7.66. The van der Waals surface area contributed by atoms with Crippen LogP contribution in [0.2, 0.25) is 0 Å². The van der Waals surface area contributed by atoms with Gasteiger partial charge in [0.2, 0.25) is 5.91 Å². The monoisotopic (exact) mass is 370 g/mol. The van der Waals surface area contributed by atoms with Gasteiger partial charge in [0.1, 0.15) is 5.82 Å². The lowest BCUT2D eigenvalue weighted by Crippen LogP contribution is -2.33. The molecule has 1 saturated carbocycles. The Morgan fingerprint density at radius 3 is 2.85 bits per heavy atom. The van der Waals surface area contributed by atoms with Crippen LogP contribution in [0.3, 0.4) is 0 Å². The van der Waals surface area contributed by atoms with Crippen LogP contribution in [-0.4, -0.2) is 27.1 Å². The average molecular weight is 370 g/mol. The number of carbonyl (C=O) groups is 1. The van der Waals surface area contributed by atoms with Crippen molar-refractivity contribution in [3.8, 4) is 0 Å². The standard InChI is InChI=1S/C21H27FN4O/c1-15-6-7-17(20(22)10-15)13-25-8-9-26-19(14-25)11-18(24-26)12-23-21(27)16-4-2-3-5-16/h6-7,10-11,16H,2-5,8-9,12-14H2,1H3,(H,23,27). The van der Waals surface area contributed by atoms with Crippen molar-refractivity contribution in [3.63, 3.8) is 0 Å². The molecule has 1 aliphatic carbocycles. The summed E-state index contributed by atoms with van der Waals surface area (Å²) in [4.78, 5) is 14.4. The summed E-state index contributed by atoms with van der Waals surface area (Å²) < 4.78 is 16.1.